The van der Waals surface area contributed by atoms with E-state index in [4.69, 9.17) is 28.4 Å². The SMILES string of the molecule is COc1cc2nc(C3COCCO3)cn2cc1Br.COc1cc2nc(C3COCCO3)cn2cc1NC(=O)c1cccn(C2CC2)c1=O. The molecule has 8 rings (SSSR count). The van der Waals surface area contributed by atoms with Gasteiger partial charge in [-0.15, -0.1) is 0 Å². The summed E-state index contributed by atoms with van der Waals surface area (Å²) in [6.07, 6.45) is 10.8. The fraction of sp³-hybridized carbons (Fsp3) is 0.394. The number of aromatic nitrogens is 5. The van der Waals surface area contributed by atoms with Gasteiger partial charge in [0.1, 0.15) is 46.3 Å². The number of anilines is 1. The largest absolute Gasteiger partial charge is 0.495 e. The zero-order valence-corrected chi connectivity index (χ0v) is 28.1. The lowest BCUT2D eigenvalue weighted by atomic mass is 10.2. The van der Waals surface area contributed by atoms with E-state index >= 15 is 0 Å². The van der Waals surface area contributed by atoms with Crippen molar-refractivity contribution in [1.29, 1.82) is 0 Å². The van der Waals surface area contributed by atoms with Crippen LogP contribution in [0.15, 0.2) is 64.5 Å². The molecule has 15 heteroatoms. The molecule has 2 saturated heterocycles. The molecule has 2 aliphatic heterocycles. The summed E-state index contributed by atoms with van der Waals surface area (Å²) in [6.45, 7) is 3.39. The molecule has 3 fully saturated rings. The molecule has 7 heterocycles. The normalized spacial score (nSPS) is 19.5. The number of imidazole rings is 2. The average Bonchev–Trinajstić information content (AvgIpc) is 3.74. The molecule has 0 spiro atoms. The quantitative estimate of drug-likeness (QED) is 0.258. The zero-order valence-electron chi connectivity index (χ0n) is 26.5. The number of nitrogens with zero attached hydrogens (tertiary/aromatic N) is 5. The Kier molecular flexibility index (Phi) is 9.45. The van der Waals surface area contributed by atoms with E-state index in [-0.39, 0.29) is 29.4 Å². The Morgan fingerprint density at radius 3 is 2.04 bits per heavy atom. The Balaban J connectivity index is 0.000000172. The minimum Gasteiger partial charge on any atom is -0.495 e. The smallest absolute Gasteiger partial charge is 0.263 e. The van der Waals surface area contributed by atoms with E-state index < -0.39 is 5.91 Å². The fourth-order valence-corrected chi connectivity index (χ4v) is 6.10. The predicted octanol–water partition coefficient (Wildman–Crippen LogP) is 4.37. The lowest BCUT2D eigenvalue weighted by Crippen LogP contribution is -2.28. The van der Waals surface area contributed by atoms with E-state index in [0.717, 1.165) is 40.1 Å². The maximum Gasteiger partial charge on any atom is 0.263 e. The number of amides is 1. The van der Waals surface area contributed by atoms with Crippen LogP contribution < -0.4 is 20.3 Å². The van der Waals surface area contributed by atoms with Gasteiger partial charge in [-0.2, -0.15) is 0 Å². The summed E-state index contributed by atoms with van der Waals surface area (Å²) in [6, 6.07) is 7.08. The van der Waals surface area contributed by atoms with Crippen LogP contribution in [0.1, 0.15) is 52.8 Å². The van der Waals surface area contributed by atoms with Crippen LogP contribution in [0.3, 0.4) is 0 Å². The van der Waals surface area contributed by atoms with E-state index in [0.29, 0.717) is 56.7 Å². The van der Waals surface area contributed by atoms with Crippen molar-refractivity contribution in [3.63, 3.8) is 0 Å². The lowest BCUT2D eigenvalue weighted by molar-refractivity contribution is -0.0916. The van der Waals surface area contributed by atoms with Gasteiger partial charge in [0.15, 0.2) is 0 Å². The number of halogens is 1. The summed E-state index contributed by atoms with van der Waals surface area (Å²) < 4.78 is 39.1. The molecule has 2 atom stereocenters. The summed E-state index contributed by atoms with van der Waals surface area (Å²) in [7, 11) is 3.16. The van der Waals surface area contributed by atoms with Gasteiger partial charge in [-0.3, -0.25) is 9.59 Å². The third kappa shape index (κ3) is 6.82. The van der Waals surface area contributed by atoms with Crippen molar-refractivity contribution in [3.05, 3.63) is 87.0 Å². The number of ether oxygens (including phenoxy) is 6. The maximum absolute atomic E-state index is 12.8. The first-order valence-corrected chi connectivity index (χ1v) is 16.4. The number of fused-ring (bicyclic) bond motifs is 2. The number of methoxy groups -OCH3 is 2. The molecule has 0 aromatic carbocycles. The Morgan fingerprint density at radius 1 is 0.875 bits per heavy atom. The molecule has 48 heavy (non-hydrogen) atoms. The first-order valence-electron chi connectivity index (χ1n) is 15.6. The number of nitrogens with one attached hydrogen (secondary N) is 1. The zero-order chi connectivity index (χ0) is 33.2. The van der Waals surface area contributed by atoms with Crippen LogP contribution >= 0.6 is 15.9 Å². The van der Waals surface area contributed by atoms with Crippen LogP contribution in [0.4, 0.5) is 5.69 Å². The molecule has 5 aromatic heterocycles. The summed E-state index contributed by atoms with van der Waals surface area (Å²) >= 11 is 3.45. The van der Waals surface area contributed by atoms with Gasteiger partial charge in [0.2, 0.25) is 0 Å². The average molecular weight is 724 g/mol. The minimum atomic E-state index is -0.475. The van der Waals surface area contributed by atoms with Crippen molar-refractivity contribution >= 4 is 38.8 Å². The first-order chi connectivity index (χ1) is 23.4. The Labute approximate surface area is 283 Å². The van der Waals surface area contributed by atoms with Gasteiger partial charge in [-0.25, -0.2) is 9.97 Å². The van der Waals surface area contributed by atoms with Crippen molar-refractivity contribution in [2.24, 2.45) is 0 Å². The van der Waals surface area contributed by atoms with E-state index in [1.807, 2.05) is 29.1 Å². The highest BCUT2D eigenvalue weighted by atomic mass is 79.9. The van der Waals surface area contributed by atoms with Gasteiger partial charge in [0, 0.05) is 49.2 Å². The van der Waals surface area contributed by atoms with Crippen molar-refractivity contribution in [1.82, 2.24) is 23.3 Å². The van der Waals surface area contributed by atoms with E-state index in [2.05, 4.69) is 31.2 Å². The molecule has 0 radical (unpaired) electrons. The standard InChI is InChI=1S/C21H22N4O5.C12H13BrN2O3/c1-28-17-9-19-22-16(18-12-29-7-8-30-18)11-24(19)10-15(17)23-20(26)14-3-2-6-25(21(14)27)13-4-5-13;1-16-10-4-12-14-9(6-15(12)5-8(10)13)11-7-17-2-3-18-11/h2-3,6,9-11,13,18H,4-5,7-8,12H2,1H3,(H,23,26);4-6,11H,2-3,7H2,1H3. The second-order valence-electron chi connectivity index (χ2n) is 11.5. The van der Waals surface area contributed by atoms with Crippen molar-refractivity contribution in [2.75, 3.05) is 59.2 Å². The summed E-state index contributed by atoms with van der Waals surface area (Å²) in [5, 5.41) is 2.80. The van der Waals surface area contributed by atoms with Crippen molar-refractivity contribution < 1.29 is 33.2 Å². The van der Waals surface area contributed by atoms with Crippen LogP contribution in [0.25, 0.3) is 11.3 Å². The second-order valence-corrected chi connectivity index (χ2v) is 12.4. The molecule has 252 valence electrons. The predicted molar refractivity (Wildman–Crippen MR) is 177 cm³/mol. The van der Waals surface area contributed by atoms with E-state index in [1.54, 1.807) is 40.6 Å². The van der Waals surface area contributed by atoms with Crippen LogP contribution in [-0.4, -0.2) is 83.1 Å². The number of hydrogen-bond donors (Lipinski definition) is 1. The Bertz CT molecular complexity index is 1990. The van der Waals surface area contributed by atoms with Gasteiger partial charge in [-0.05, 0) is 40.9 Å². The topological polar surface area (TPSA) is 141 Å². The highest BCUT2D eigenvalue weighted by Gasteiger charge is 2.27. The third-order valence-corrected chi connectivity index (χ3v) is 8.84. The second kappa shape index (κ2) is 14.1. The summed E-state index contributed by atoms with van der Waals surface area (Å²) in [4.78, 5) is 34.6. The first kappa shape index (κ1) is 32.3. The number of carbonyl (C=O) groups is 1. The number of hydrogen-bond acceptors (Lipinski definition) is 10. The van der Waals surface area contributed by atoms with Crippen LogP contribution in [0.2, 0.25) is 0 Å². The van der Waals surface area contributed by atoms with Gasteiger partial charge in [0.05, 0.1) is 69.7 Å². The van der Waals surface area contributed by atoms with Gasteiger partial charge < -0.3 is 47.1 Å². The molecule has 1 N–H and O–H groups in total. The minimum absolute atomic E-state index is 0.0802. The van der Waals surface area contributed by atoms with Crippen molar-refractivity contribution in [2.45, 2.75) is 31.1 Å². The van der Waals surface area contributed by atoms with Gasteiger partial charge >= 0.3 is 0 Å². The number of pyridine rings is 3. The van der Waals surface area contributed by atoms with Gasteiger partial charge in [0.25, 0.3) is 11.5 Å². The molecule has 1 saturated carbocycles. The molecular weight excluding hydrogens is 688 g/mol. The van der Waals surface area contributed by atoms with E-state index in [1.165, 1.54) is 13.2 Å². The Morgan fingerprint density at radius 2 is 1.48 bits per heavy atom. The molecule has 3 aliphatic rings. The molecule has 14 nitrogen and oxygen atoms in total. The van der Waals surface area contributed by atoms with Crippen LogP contribution in [0, 0.1) is 0 Å². The third-order valence-electron chi connectivity index (χ3n) is 8.24. The Hall–Kier alpha value is -4.28. The molecule has 5 aromatic rings. The van der Waals surface area contributed by atoms with Crippen LogP contribution in [0.5, 0.6) is 11.5 Å². The number of rotatable bonds is 7. The summed E-state index contributed by atoms with van der Waals surface area (Å²) in [5.41, 5.74) is 3.39. The molecular formula is C33H35BrN6O8. The fourth-order valence-electron chi connectivity index (χ4n) is 5.60. The maximum atomic E-state index is 12.8. The van der Waals surface area contributed by atoms with Crippen molar-refractivity contribution in [3.8, 4) is 11.5 Å². The van der Waals surface area contributed by atoms with Crippen LogP contribution in [-0.2, 0) is 18.9 Å². The molecule has 1 aliphatic carbocycles. The van der Waals surface area contributed by atoms with Gasteiger partial charge in [-0.1, -0.05) is 0 Å². The highest BCUT2D eigenvalue weighted by Crippen LogP contribution is 2.33. The lowest BCUT2D eigenvalue weighted by Gasteiger charge is -2.20. The molecule has 0 bridgehead atoms. The molecule has 2 unspecified atom stereocenters. The highest BCUT2D eigenvalue weighted by molar-refractivity contribution is 9.10. The number of carbonyl (C=O) groups excluding carboxylic acids is 1. The summed E-state index contributed by atoms with van der Waals surface area (Å²) in [5.74, 6) is 0.740. The molecule has 1 amide bonds. The monoisotopic (exact) mass is 722 g/mol. The van der Waals surface area contributed by atoms with E-state index in [9.17, 15) is 9.59 Å².